The zero-order valence-electron chi connectivity index (χ0n) is 13.5. The van der Waals surface area contributed by atoms with Gasteiger partial charge in [-0.1, -0.05) is 6.07 Å². The summed E-state index contributed by atoms with van der Waals surface area (Å²) in [6, 6.07) is 8.90. The fourth-order valence-corrected chi connectivity index (χ4v) is 3.94. The minimum atomic E-state index is 0.245. The van der Waals surface area contributed by atoms with Crippen molar-refractivity contribution in [2.24, 2.45) is 5.92 Å². The van der Waals surface area contributed by atoms with Crippen LogP contribution in [0.15, 0.2) is 42.9 Å². The summed E-state index contributed by atoms with van der Waals surface area (Å²) in [6.45, 7) is 3.44. The van der Waals surface area contributed by atoms with E-state index in [0.717, 1.165) is 23.2 Å². The summed E-state index contributed by atoms with van der Waals surface area (Å²) in [7, 11) is 0. The van der Waals surface area contributed by atoms with Crippen LogP contribution >= 0.6 is 0 Å². The van der Waals surface area contributed by atoms with Crippen LogP contribution in [-0.2, 0) is 0 Å². The van der Waals surface area contributed by atoms with E-state index in [4.69, 9.17) is 4.74 Å². The minimum Gasteiger partial charge on any atom is -0.458 e. The van der Waals surface area contributed by atoms with E-state index in [1.807, 2.05) is 18.6 Å². The molecule has 5 nitrogen and oxygen atoms in total. The summed E-state index contributed by atoms with van der Waals surface area (Å²) >= 11 is 0. The maximum atomic E-state index is 6.07. The van der Waals surface area contributed by atoms with E-state index in [2.05, 4.69) is 44.1 Å². The number of ether oxygens (including phenoxy) is 1. The lowest BCUT2D eigenvalue weighted by Crippen LogP contribution is -2.52. The van der Waals surface area contributed by atoms with Crippen molar-refractivity contribution in [1.82, 2.24) is 19.9 Å². The van der Waals surface area contributed by atoms with Crippen molar-refractivity contribution < 1.29 is 4.74 Å². The fourth-order valence-electron chi connectivity index (χ4n) is 3.94. The Balaban J connectivity index is 1.35. The average Bonchev–Trinajstić information content (AvgIpc) is 3.11. The molecule has 2 aromatic heterocycles. The summed E-state index contributed by atoms with van der Waals surface area (Å²) in [5, 5.41) is 1.19. The van der Waals surface area contributed by atoms with Gasteiger partial charge in [0.1, 0.15) is 6.10 Å². The largest absolute Gasteiger partial charge is 0.458 e. The summed E-state index contributed by atoms with van der Waals surface area (Å²) < 4.78 is 6.07. The molecule has 1 N–H and O–H groups in total. The van der Waals surface area contributed by atoms with Crippen LogP contribution in [0.5, 0.6) is 6.01 Å². The van der Waals surface area contributed by atoms with E-state index in [0.29, 0.717) is 11.9 Å². The first kappa shape index (κ1) is 14.0. The molecule has 1 atom stereocenters. The van der Waals surface area contributed by atoms with E-state index >= 15 is 0 Å². The predicted molar refractivity (Wildman–Crippen MR) is 92.9 cm³/mol. The van der Waals surface area contributed by atoms with Gasteiger partial charge >= 0.3 is 6.01 Å². The zero-order valence-corrected chi connectivity index (χ0v) is 13.5. The Morgan fingerprint density at radius 2 is 1.88 bits per heavy atom. The first-order valence-corrected chi connectivity index (χ1v) is 8.64. The molecule has 0 radical (unpaired) electrons. The second kappa shape index (κ2) is 5.60. The summed E-state index contributed by atoms with van der Waals surface area (Å²) in [5.41, 5.74) is 3.28. The first-order chi connectivity index (χ1) is 11.8. The summed E-state index contributed by atoms with van der Waals surface area (Å²) in [5.74, 6) is 0.661. The molecule has 122 valence electrons. The Morgan fingerprint density at radius 3 is 2.62 bits per heavy atom. The van der Waals surface area contributed by atoms with Crippen LogP contribution in [0.1, 0.15) is 12.8 Å². The van der Waals surface area contributed by atoms with Crippen molar-refractivity contribution in [3.8, 4) is 17.1 Å². The van der Waals surface area contributed by atoms with Crippen molar-refractivity contribution in [3.05, 3.63) is 42.9 Å². The van der Waals surface area contributed by atoms with E-state index < -0.39 is 0 Å². The molecule has 24 heavy (non-hydrogen) atoms. The number of aromatic amines is 1. The second-order valence-electron chi connectivity index (χ2n) is 6.83. The topological polar surface area (TPSA) is 54.0 Å². The third-order valence-electron chi connectivity index (χ3n) is 5.37. The van der Waals surface area contributed by atoms with Crippen LogP contribution in [0.2, 0.25) is 0 Å². The quantitative estimate of drug-likeness (QED) is 0.806. The molecule has 1 aromatic carbocycles. The zero-order chi connectivity index (χ0) is 15.9. The van der Waals surface area contributed by atoms with Gasteiger partial charge in [0.25, 0.3) is 0 Å². The van der Waals surface area contributed by atoms with Crippen molar-refractivity contribution in [2.75, 3.05) is 19.6 Å². The van der Waals surface area contributed by atoms with Gasteiger partial charge in [-0.25, -0.2) is 9.97 Å². The summed E-state index contributed by atoms with van der Waals surface area (Å²) in [6.07, 6.45) is 8.39. The molecule has 3 saturated heterocycles. The van der Waals surface area contributed by atoms with Crippen molar-refractivity contribution in [1.29, 1.82) is 0 Å². The molecule has 3 aromatic rings. The molecule has 5 heteroatoms. The lowest BCUT2D eigenvalue weighted by Gasteiger charge is -2.43. The number of nitrogens with one attached hydrogen (secondary N) is 1. The number of aromatic nitrogens is 3. The molecule has 3 aliphatic heterocycles. The molecule has 0 spiro atoms. The van der Waals surface area contributed by atoms with E-state index in [9.17, 15) is 0 Å². The van der Waals surface area contributed by atoms with Crippen molar-refractivity contribution in [3.63, 3.8) is 0 Å². The minimum absolute atomic E-state index is 0.245. The first-order valence-electron chi connectivity index (χ1n) is 8.64. The number of hydrogen-bond donors (Lipinski definition) is 1. The molecule has 6 rings (SSSR count). The number of nitrogens with zero attached hydrogens (tertiary/aromatic N) is 3. The van der Waals surface area contributed by atoms with Gasteiger partial charge in [0.15, 0.2) is 0 Å². The Labute approximate surface area is 140 Å². The van der Waals surface area contributed by atoms with Gasteiger partial charge in [0.05, 0.1) is 0 Å². The fraction of sp³-hybridized carbons (Fsp3) is 0.368. The van der Waals surface area contributed by atoms with Crippen LogP contribution in [0.4, 0.5) is 0 Å². The third-order valence-corrected chi connectivity index (χ3v) is 5.37. The molecule has 5 heterocycles. The maximum absolute atomic E-state index is 6.07. The highest BCUT2D eigenvalue weighted by Gasteiger charge is 2.35. The molecule has 1 unspecified atom stereocenters. The molecule has 3 aliphatic rings. The lowest BCUT2D eigenvalue weighted by molar-refractivity contribution is -0.0123. The van der Waals surface area contributed by atoms with Gasteiger partial charge in [-0.15, -0.1) is 0 Å². The van der Waals surface area contributed by atoms with Crippen LogP contribution < -0.4 is 4.74 Å². The van der Waals surface area contributed by atoms with E-state index in [1.54, 1.807) is 0 Å². The third kappa shape index (κ3) is 2.45. The van der Waals surface area contributed by atoms with E-state index in [1.165, 1.54) is 31.3 Å². The number of rotatable bonds is 3. The van der Waals surface area contributed by atoms with Crippen molar-refractivity contribution >= 4 is 10.9 Å². The van der Waals surface area contributed by atoms with Crippen LogP contribution in [0, 0.1) is 5.92 Å². The normalized spacial score (nSPS) is 25.9. The van der Waals surface area contributed by atoms with Gasteiger partial charge in [0, 0.05) is 36.2 Å². The predicted octanol–water partition coefficient (Wildman–Crippen LogP) is 3.10. The molecule has 2 bridgehead atoms. The summed E-state index contributed by atoms with van der Waals surface area (Å²) in [4.78, 5) is 14.6. The molecular formula is C19H20N4O. The van der Waals surface area contributed by atoms with Gasteiger partial charge < -0.3 is 9.72 Å². The number of benzene rings is 1. The second-order valence-corrected chi connectivity index (χ2v) is 6.83. The molecule has 0 saturated carbocycles. The highest BCUT2D eigenvalue weighted by atomic mass is 16.5. The molecule has 3 fully saturated rings. The standard InChI is InChI=1S/C19H20N4O/c1-2-17-15(3-6-20-17)9-14(1)16-10-21-19(22-11-16)24-18-12-23-7-4-13(18)5-8-23/h1-3,6,9-11,13,18,20H,4-5,7-8,12H2. The van der Waals surface area contributed by atoms with Gasteiger partial charge in [-0.05, 0) is 61.0 Å². The highest BCUT2D eigenvalue weighted by molar-refractivity contribution is 5.84. The molecule has 0 amide bonds. The highest BCUT2D eigenvalue weighted by Crippen LogP contribution is 2.30. The monoisotopic (exact) mass is 320 g/mol. The van der Waals surface area contributed by atoms with Crippen LogP contribution in [0.25, 0.3) is 22.0 Å². The number of piperidine rings is 3. The maximum Gasteiger partial charge on any atom is 0.316 e. The Kier molecular flexibility index (Phi) is 3.26. The number of H-pyrrole nitrogens is 1. The van der Waals surface area contributed by atoms with Gasteiger partial charge in [0.2, 0.25) is 0 Å². The SMILES string of the molecule is c1cc2cc(-c3cnc(OC4CN5CCC4CC5)nc3)ccc2[nH]1. The van der Waals surface area contributed by atoms with Crippen LogP contribution in [0.3, 0.4) is 0 Å². The number of fused-ring (bicyclic) bond motifs is 4. The van der Waals surface area contributed by atoms with Gasteiger partial charge in [-0.3, -0.25) is 4.90 Å². The lowest BCUT2D eigenvalue weighted by atomic mass is 9.86. The molecular weight excluding hydrogens is 300 g/mol. The van der Waals surface area contributed by atoms with Crippen LogP contribution in [-0.4, -0.2) is 45.6 Å². The number of hydrogen-bond acceptors (Lipinski definition) is 4. The van der Waals surface area contributed by atoms with Gasteiger partial charge in [-0.2, -0.15) is 0 Å². The smallest absolute Gasteiger partial charge is 0.316 e. The van der Waals surface area contributed by atoms with E-state index in [-0.39, 0.29) is 6.10 Å². The molecule has 0 aliphatic carbocycles. The Bertz CT molecular complexity index is 849. The average molecular weight is 320 g/mol. The Hall–Kier alpha value is -2.40. The Morgan fingerprint density at radius 1 is 1.04 bits per heavy atom. The van der Waals surface area contributed by atoms with Crippen molar-refractivity contribution in [2.45, 2.75) is 18.9 Å².